The lowest BCUT2D eigenvalue weighted by Crippen LogP contribution is -1.96. The molecule has 0 saturated carbocycles. The van der Waals surface area contributed by atoms with Crippen LogP contribution in [0.25, 0.3) is 10.9 Å². The number of nitrogens with zero attached hydrogens (tertiary/aromatic N) is 1. The van der Waals surface area contributed by atoms with Crippen molar-refractivity contribution in [1.29, 1.82) is 0 Å². The highest BCUT2D eigenvalue weighted by atomic mass is 19.1. The number of nitrogens with one attached hydrogen (secondary N) is 1. The van der Waals surface area contributed by atoms with Crippen molar-refractivity contribution >= 4 is 16.6 Å². The van der Waals surface area contributed by atoms with Gasteiger partial charge in [0.05, 0.1) is 5.52 Å². The standard InChI is InChI=1S/C13H15FN2/c1-3-4-10-8-12(15-2)11-6-5-9(14)7-13(11)16-10/h5-8H,3-4H2,1-2H3,(H,15,16). The maximum absolute atomic E-state index is 13.1. The number of halogens is 1. The predicted molar refractivity (Wildman–Crippen MR) is 65.2 cm³/mol. The van der Waals surface area contributed by atoms with Gasteiger partial charge in [-0.25, -0.2) is 4.39 Å². The Labute approximate surface area is 94.5 Å². The molecule has 1 N–H and O–H groups in total. The van der Waals surface area contributed by atoms with E-state index in [9.17, 15) is 4.39 Å². The first-order valence-corrected chi connectivity index (χ1v) is 5.51. The first kappa shape index (κ1) is 10.9. The minimum atomic E-state index is -0.240. The summed E-state index contributed by atoms with van der Waals surface area (Å²) in [5.74, 6) is -0.240. The Morgan fingerprint density at radius 2 is 2.12 bits per heavy atom. The monoisotopic (exact) mass is 218 g/mol. The highest BCUT2D eigenvalue weighted by Crippen LogP contribution is 2.24. The van der Waals surface area contributed by atoms with Crippen molar-refractivity contribution in [2.24, 2.45) is 0 Å². The molecule has 84 valence electrons. The Hall–Kier alpha value is -1.64. The van der Waals surface area contributed by atoms with Crippen LogP contribution >= 0.6 is 0 Å². The summed E-state index contributed by atoms with van der Waals surface area (Å²) in [5, 5.41) is 4.09. The molecule has 3 heteroatoms. The van der Waals surface area contributed by atoms with Crippen LogP contribution in [0.4, 0.5) is 10.1 Å². The Bertz CT molecular complexity index is 509. The van der Waals surface area contributed by atoms with E-state index in [0.717, 1.165) is 35.1 Å². The summed E-state index contributed by atoms with van der Waals surface area (Å²) in [5.41, 5.74) is 2.73. The zero-order chi connectivity index (χ0) is 11.5. The molecule has 2 rings (SSSR count). The van der Waals surface area contributed by atoms with Gasteiger partial charge < -0.3 is 5.32 Å². The Balaban J connectivity index is 2.63. The molecule has 0 aliphatic rings. The Kier molecular flexibility index (Phi) is 3.04. The molecule has 0 unspecified atom stereocenters. The normalized spacial score (nSPS) is 10.7. The van der Waals surface area contributed by atoms with Crippen LogP contribution in [0.3, 0.4) is 0 Å². The van der Waals surface area contributed by atoms with Crippen molar-refractivity contribution in [3.63, 3.8) is 0 Å². The number of aryl methyl sites for hydroxylation is 1. The lowest BCUT2D eigenvalue weighted by atomic mass is 10.1. The molecule has 16 heavy (non-hydrogen) atoms. The number of hydrogen-bond donors (Lipinski definition) is 1. The van der Waals surface area contributed by atoms with Crippen molar-refractivity contribution in [3.05, 3.63) is 35.8 Å². The van der Waals surface area contributed by atoms with E-state index in [0.29, 0.717) is 0 Å². The summed E-state index contributed by atoms with van der Waals surface area (Å²) in [6.45, 7) is 2.11. The molecule has 0 fully saturated rings. The average Bonchev–Trinajstić information content (AvgIpc) is 2.27. The maximum atomic E-state index is 13.1. The van der Waals surface area contributed by atoms with Crippen molar-refractivity contribution in [1.82, 2.24) is 4.98 Å². The zero-order valence-electron chi connectivity index (χ0n) is 9.55. The zero-order valence-corrected chi connectivity index (χ0v) is 9.55. The number of pyridine rings is 1. The Morgan fingerprint density at radius 3 is 2.81 bits per heavy atom. The van der Waals surface area contributed by atoms with E-state index < -0.39 is 0 Å². The molecule has 0 aliphatic heterocycles. The summed E-state index contributed by atoms with van der Waals surface area (Å²) >= 11 is 0. The highest BCUT2D eigenvalue weighted by Gasteiger charge is 2.05. The minimum absolute atomic E-state index is 0.240. The van der Waals surface area contributed by atoms with Crippen LogP contribution in [-0.2, 0) is 6.42 Å². The van der Waals surface area contributed by atoms with Crippen LogP contribution in [0, 0.1) is 5.82 Å². The highest BCUT2D eigenvalue weighted by molar-refractivity contribution is 5.91. The van der Waals surface area contributed by atoms with E-state index in [1.54, 1.807) is 6.07 Å². The van der Waals surface area contributed by atoms with Crippen LogP contribution in [0.1, 0.15) is 19.0 Å². The predicted octanol–water partition coefficient (Wildman–Crippen LogP) is 3.37. The second kappa shape index (κ2) is 4.47. The van der Waals surface area contributed by atoms with Crippen molar-refractivity contribution in [3.8, 4) is 0 Å². The van der Waals surface area contributed by atoms with Crippen LogP contribution in [0.5, 0.6) is 0 Å². The number of anilines is 1. The van der Waals surface area contributed by atoms with Crippen LogP contribution in [-0.4, -0.2) is 12.0 Å². The molecule has 0 bridgehead atoms. The largest absolute Gasteiger partial charge is 0.388 e. The molecule has 0 amide bonds. The van der Waals surface area contributed by atoms with Crippen LogP contribution < -0.4 is 5.32 Å². The van der Waals surface area contributed by atoms with Crippen molar-refractivity contribution < 1.29 is 4.39 Å². The van der Waals surface area contributed by atoms with Crippen LogP contribution in [0.2, 0.25) is 0 Å². The fourth-order valence-electron chi connectivity index (χ4n) is 1.85. The van der Waals surface area contributed by atoms with E-state index in [2.05, 4.69) is 17.2 Å². The molecule has 0 radical (unpaired) electrons. The van der Waals surface area contributed by atoms with Gasteiger partial charge in [-0.1, -0.05) is 13.3 Å². The third-order valence-corrected chi connectivity index (χ3v) is 2.60. The fourth-order valence-corrected chi connectivity index (χ4v) is 1.85. The molecular weight excluding hydrogens is 203 g/mol. The van der Waals surface area contributed by atoms with Crippen molar-refractivity contribution in [2.75, 3.05) is 12.4 Å². The first-order valence-electron chi connectivity index (χ1n) is 5.51. The van der Waals surface area contributed by atoms with E-state index in [-0.39, 0.29) is 5.82 Å². The molecule has 1 heterocycles. The quantitative estimate of drug-likeness (QED) is 0.854. The minimum Gasteiger partial charge on any atom is -0.388 e. The third kappa shape index (κ3) is 1.98. The van der Waals surface area contributed by atoms with Gasteiger partial charge in [-0.2, -0.15) is 0 Å². The third-order valence-electron chi connectivity index (χ3n) is 2.60. The molecule has 1 aromatic heterocycles. The van der Waals surface area contributed by atoms with Gasteiger partial charge in [0.1, 0.15) is 5.82 Å². The average molecular weight is 218 g/mol. The van der Waals surface area contributed by atoms with E-state index in [1.807, 2.05) is 13.1 Å². The van der Waals surface area contributed by atoms with E-state index in [1.165, 1.54) is 12.1 Å². The van der Waals surface area contributed by atoms with Crippen LogP contribution in [0.15, 0.2) is 24.3 Å². The van der Waals surface area contributed by atoms with Gasteiger partial charge in [0.25, 0.3) is 0 Å². The molecule has 0 aliphatic carbocycles. The van der Waals surface area contributed by atoms with Gasteiger partial charge >= 0.3 is 0 Å². The lowest BCUT2D eigenvalue weighted by Gasteiger charge is -2.08. The molecule has 2 nitrogen and oxygen atoms in total. The number of rotatable bonds is 3. The van der Waals surface area contributed by atoms with Gasteiger partial charge in [-0.15, -0.1) is 0 Å². The fraction of sp³-hybridized carbons (Fsp3) is 0.308. The number of fused-ring (bicyclic) bond motifs is 1. The van der Waals surface area contributed by atoms with E-state index in [4.69, 9.17) is 0 Å². The van der Waals surface area contributed by atoms with Gasteiger partial charge in [-0.3, -0.25) is 4.98 Å². The second-order valence-corrected chi connectivity index (χ2v) is 3.82. The molecule has 0 spiro atoms. The molecule has 2 aromatic rings. The molecular formula is C13H15FN2. The smallest absolute Gasteiger partial charge is 0.125 e. The van der Waals surface area contributed by atoms with Crippen molar-refractivity contribution in [2.45, 2.75) is 19.8 Å². The lowest BCUT2D eigenvalue weighted by molar-refractivity contribution is 0.629. The first-order chi connectivity index (χ1) is 7.74. The summed E-state index contributed by atoms with van der Waals surface area (Å²) in [6, 6.07) is 6.74. The second-order valence-electron chi connectivity index (χ2n) is 3.82. The van der Waals surface area contributed by atoms with Gasteiger partial charge in [0.15, 0.2) is 0 Å². The summed E-state index contributed by atoms with van der Waals surface area (Å²) in [4.78, 5) is 4.45. The topological polar surface area (TPSA) is 24.9 Å². The summed E-state index contributed by atoms with van der Waals surface area (Å²) in [6.07, 6.45) is 1.96. The van der Waals surface area contributed by atoms with E-state index >= 15 is 0 Å². The SMILES string of the molecule is CCCc1cc(NC)c2ccc(F)cc2n1. The van der Waals surface area contributed by atoms with Gasteiger partial charge in [0, 0.05) is 29.9 Å². The summed E-state index contributed by atoms with van der Waals surface area (Å²) < 4.78 is 13.1. The number of benzene rings is 1. The maximum Gasteiger partial charge on any atom is 0.125 e. The number of hydrogen-bond acceptors (Lipinski definition) is 2. The molecule has 0 saturated heterocycles. The molecule has 0 atom stereocenters. The number of aromatic nitrogens is 1. The van der Waals surface area contributed by atoms with Gasteiger partial charge in [0.2, 0.25) is 0 Å². The molecule has 1 aromatic carbocycles. The Morgan fingerprint density at radius 1 is 1.31 bits per heavy atom. The van der Waals surface area contributed by atoms with Gasteiger partial charge in [-0.05, 0) is 24.6 Å². The summed E-state index contributed by atoms with van der Waals surface area (Å²) in [7, 11) is 1.87.